The van der Waals surface area contributed by atoms with E-state index >= 15 is 0 Å². The lowest BCUT2D eigenvalue weighted by atomic mass is 10.1. The first-order valence-electron chi connectivity index (χ1n) is 6.82. The Hall–Kier alpha value is -1.83. The number of ether oxygens (including phenoxy) is 1. The van der Waals surface area contributed by atoms with Crippen molar-refractivity contribution in [2.45, 2.75) is 12.2 Å². The highest BCUT2D eigenvalue weighted by Crippen LogP contribution is 2.25. The van der Waals surface area contributed by atoms with Crippen molar-refractivity contribution in [2.75, 3.05) is 25.5 Å². The average molecular weight is 324 g/mol. The maximum absolute atomic E-state index is 13.3. The van der Waals surface area contributed by atoms with Crippen LogP contribution < -0.4 is 11.1 Å². The van der Waals surface area contributed by atoms with Gasteiger partial charge in [0.15, 0.2) is 0 Å². The molecule has 0 unspecified atom stereocenters. The van der Waals surface area contributed by atoms with E-state index in [-0.39, 0.29) is 19.2 Å². The minimum Gasteiger partial charge on any atom is -0.384 e. The van der Waals surface area contributed by atoms with Gasteiger partial charge in [0.2, 0.25) is 0 Å². The predicted octanol–water partition coefficient (Wildman–Crippen LogP) is 1.77. The first-order valence-corrected chi connectivity index (χ1v) is 7.20. The van der Waals surface area contributed by atoms with E-state index in [4.69, 9.17) is 22.1 Å². The maximum Gasteiger partial charge on any atom is 0.136 e. The van der Waals surface area contributed by atoms with Crippen LogP contribution in [0.15, 0.2) is 24.5 Å². The summed E-state index contributed by atoms with van der Waals surface area (Å²) in [5.41, 5.74) is 7.69. The smallest absolute Gasteiger partial charge is 0.136 e. The molecule has 0 saturated carbocycles. The Morgan fingerprint density at radius 2 is 2.09 bits per heavy atom. The first-order chi connectivity index (χ1) is 10.6. The van der Waals surface area contributed by atoms with Gasteiger partial charge in [-0.3, -0.25) is 0 Å². The highest BCUT2D eigenvalue weighted by atomic mass is 35.5. The molecule has 1 aliphatic heterocycles. The van der Waals surface area contributed by atoms with E-state index in [0.717, 1.165) is 5.56 Å². The number of pyridine rings is 1. The third-order valence-corrected chi connectivity index (χ3v) is 3.53. The molecule has 0 aliphatic carbocycles. The molecule has 22 heavy (non-hydrogen) atoms. The molecule has 1 aliphatic rings. The second-order valence-corrected chi connectivity index (χ2v) is 5.42. The van der Waals surface area contributed by atoms with Gasteiger partial charge in [0.1, 0.15) is 23.5 Å². The Morgan fingerprint density at radius 1 is 1.23 bits per heavy atom. The third-order valence-electron chi connectivity index (χ3n) is 3.34. The number of nitrogens with two attached hydrogens (primary N) is 1. The van der Waals surface area contributed by atoms with Gasteiger partial charge in [0.25, 0.3) is 0 Å². The van der Waals surface area contributed by atoms with Crippen LogP contribution in [0.4, 0.5) is 10.2 Å². The second kappa shape index (κ2) is 6.51. The van der Waals surface area contributed by atoms with Crippen LogP contribution in [0.2, 0.25) is 5.15 Å². The normalized spacial score (nSPS) is 22.3. The van der Waals surface area contributed by atoms with Crippen LogP contribution in [-0.2, 0) is 4.74 Å². The first kappa shape index (κ1) is 15.1. The van der Waals surface area contributed by atoms with E-state index in [0.29, 0.717) is 29.0 Å². The van der Waals surface area contributed by atoms with Crippen molar-refractivity contribution in [3.05, 3.63) is 35.2 Å². The fourth-order valence-electron chi connectivity index (χ4n) is 2.28. The number of anilines is 1. The Balaban J connectivity index is 1.92. The van der Waals surface area contributed by atoms with Crippen LogP contribution in [0.5, 0.6) is 0 Å². The fourth-order valence-corrected chi connectivity index (χ4v) is 2.49. The van der Waals surface area contributed by atoms with E-state index < -0.39 is 6.17 Å². The zero-order valence-electron chi connectivity index (χ0n) is 11.7. The lowest BCUT2D eigenvalue weighted by Gasteiger charge is -2.16. The van der Waals surface area contributed by atoms with Crippen LogP contribution in [0.3, 0.4) is 0 Å². The van der Waals surface area contributed by atoms with Gasteiger partial charge in [-0.05, 0) is 17.7 Å². The number of aromatic nitrogens is 3. The van der Waals surface area contributed by atoms with E-state index in [1.807, 2.05) is 6.07 Å². The molecular formula is C14H15ClFN5O. The molecule has 0 radical (unpaired) electrons. The molecule has 1 fully saturated rings. The Morgan fingerprint density at radius 3 is 2.91 bits per heavy atom. The summed E-state index contributed by atoms with van der Waals surface area (Å²) < 4.78 is 18.7. The molecule has 3 N–H and O–H groups in total. The summed E-state index contributed by atoms with van der Waals surface area (Å²) in [5.74, 6) is 0.351. The molecule has 2 aromatic heterocycles. The SMILES string of the molecule is Nc1cc(-c2cc([C@@H]3COC[C@H](F)CN3)cc(Cl)n2)ncn1. The van der Waals surface area contributed by atoms with Gasteiger partial charge in [-0.25, -0.2) is 19.3 Å². The van der Waals surface area contributed by atoms with Gasteiger partial charge >= 0.3 is 0 Å². The summed E-state index contributed by atoms with van der Waals surface area (Å²) in [6, 6.07) is 5.04. The number of rotatable bonds is 2. The zero-order chi connectivity index (χ0) is 15.5. The van der Waals surface area contributed by atoms with E-state index in [9.17, 15) is 4.39 Å². The topological polar surface area (TPSA) is 86.0 Å². The number of alkyl halides is 1. The van der Waals surface area contributed by atoms with Crippen LogP contribution in [-0.4, -0.2) is 40.9 Å². The fraction of sp³-hybridized carbons (Fsp3) is 0.357. The largest absolute Gasteiger partial charge is 0.384 e. The van der Waals surface area contributed by atoms with Crippen LogP contribution in [0.25, 0.3) is 11.4 Å². The second-order valence-electron chi connectivity index (χ2n) is 5.03. The quantitative estimate of drug-likeness (QED) is 0.819. The van der Waals surface area contributed by atoms with Gasteiger partial charge in [0, 0.05) is 12.6 Å². The summed E-state index contributed by atoms with van der Waals surface area (Å²) >= 11 is 6.10. The summed E-state index contributed by atoms with van der Waals surface area (Å²) in [4.78, 5) is 12.3. The van der Waals surface area contributed by atoms with Crippen molar-refractivity contribution in [1.29, 1.82) is 0 Å². The van der Waals surface area contributed by atoms with Gasteiger partial charge in [-0.1, -0.05) is 11.6 Å². The van der Waals surface area contributed by atoms with E-state index in [1.54, 1.807) is 12.1 Å². The van der Waals surface area contributed by atoms with Crippen molar-refractivity contribution in [3.63, 3.8) is 0 Å². The van der Waals surface area contributed by atoms with Crippen molar-refractivity contribution < 1.29 is 9.13 Å². The van der Waals surface area contributed by atoms with Crippen LogP contribution in [0, 0.1) is 0 Å². The molecule has 0 bridgehead atoms. The summed E-state index contributed by atoms with van der Waals surface area (Å²) in [7, 11) is 0. The summed E-state index contributed by atoms with van der Waals surface area (Å²) in [5, 5.41) is 3.45. The van der Waals surface area contributed by atoms with Crippen LogP contribution in [0.1, 0.15) is 11.6 Å². The predicted molar refractivity (Wildman–Crippen MR) is 81.1 cm³/mol. The molecule has 2 aromatic rings. The van der Waals surface area contributed by atoms with Crippen molar-refractivity contribution >= 4 is 17.4 Å². The zero-order valence-corrected chi connectivity index (χ0v) is 12.4. The number of hydrogen-bond donors (Lipinski definition) is 2. The molecule has 0 aromatic carbocycles. The number of halogens is 2. The minimum atomic E-state index is -1.01. The Kier molecular flexibility index (Phi) is 4.47. The lowest BCUT2D eigenvalue weighted by Crippen LogP contribution is -2.27. The molecule has 1 saturated heterocycles. The summed E-state index contributed by atoms with van der Waals surface area (Å²) in [6.45, 7) is 0.699. The molecular weight excluding hydrogens is 309 g/mol. The van der Waals surface area contributed by atoms with Crippen molar-refractivity contribution in [2.24, 2.45) is 0 Å². The molecule has 116 valence electrons. The van der Waals surface area contributed by atoms with Crippen LogP contribution >= 0.6 is 11.6 Å². The number of nitrogen functional groups attached to an aromatic ring is 1. The number of nitrogens with zero attached hydrogens (tertiary/aromatic N) is 3. The molecule has 6 nitrogen and oxygen atoms in total. The average Bonchev–Trinajstić information content (AvgIpc) is 2.71. The van der Waals surface area contributed by atoms with Crippen molar-refractivity contribution in [3.8, 4) is 11.4 Å². The number of nitrogens with one attached hydrogen (secondary N) is 1. The van der Waals surface area contributed by atoms with E-state index in [2.05, 4.69) is 20.3 Å². The minimum absolute atomic E-state index is 0.0949. The molecule has 2 atom stereocenters. The lowest BCUT2D eigenvalue weighted by molar-refractivity contribution is 0.0940. The van der Waals surface area contributed by atoms with Gasteiger partial charge in [-0.2, -0.15) is 0 Å². The molecule has 0 spiro atoms. The standard InChI is InChI=1S/C14H15ClFN5O/c15-13-2-8(12-6-22-5-9(16)4-18-12)1-11(21-13)10-3-14(17)20-7-19-10/h1-3,7,9,12,18H,4-6H2,(H2,17,19,20)/t9-,12+/m1/s1. The molecule has 3 rings (SSSR count). The van der Waals surface area contributed by atoms with Gasteiger partial charge in [-0.15, -0.1) is 0 Å². The Labute approximate surface area is 131 Å². The Bertz CT molecular complexity index is 671. The molecule has 3 heterocycles. The molecule has 0 amide bonds. The van der Waals surface area contributed by atoms with Gasteiger partial charge < -0.3 is 15.8 Å². The van der Waals surface area contributed by atoms with E-state index in [1.165, 1.54) is 6.33 Å². The summed E-state index contributed by atoms with van der Waals surface area (Å²) in [6.07, 6.45) is 0.358. The van der Waals surface area contributed by atoms with Crippen molar-refractivity contribution in [1.82, 2.24) is 20.3 Å². The maximum atomic E-state index is 13.3. The highest BCUT2D eigenvalue weighted by Gasteiger charge is 2.20. The monoisotopic (exact) mass is 323 g/mol. The van der Waals surface area contributed by atoms with Gasteiger partial charge in [0.05, 0.1) is 30.6 Å². The molecule has 8 heteroatoms. The highest BCUT2D eigenvalue weighted by molar-refractivity contribution is 6.29. The number of hydrogen-bond acceptors (Lipinski definition) is 6. The third kappa shape index (κ3) is 3.49.